The lowest BCUT2D eigenvalue weighted by Gasteiger charge is -2.29. The van der Waals surface area contributed by atoms with E-state index in [9.17, 15) is 15.0 Å². The molecular weight excluding hydrogens is 396 g/mol. The van der Waals surface area contributed by atoms with Crippen molar-refractivity contribution in [1.29, 1.82) is 0 Å². The molecule has 0 saturated carbocycles. The van der Waals surface area contributed by atoms with Crippen molar-refractivity contribution in [3.05, 3.63) is 47.5 Å². The molecule has 1 aliphatic rings. The third kappa shape index (κ3) is 5.76. The molecule has 158 valence electrons. The van der Waals surface area contributed by atoms with Crippen molar-refractivity contribution in [2.75, 3.05) is 25.6 Å². The molecule has 0 aromatic heterocycles. The van der Waals surface area contributed by atoms with E-state index in [-0.39, 0.29) is 42.8 Å². The number of hydrogen-bond acceptors (Lipinski definition) is 6. The first-order valence-corrected chi connectivity index (χ1v) is 9.13. The molecule has 0 bridgehead atoms. The van der Waals surface area contributed by atoms with Gasteiger partial charge in [0.15, 0.2) is 6.61 Å². The van der Waals surface area contributed by atoms with Crippen LogP contribution in [0.1, 0.15) is 31.1 Å². The minimum Gasteiger partial charge on any atom is -0.508 e. The third-order valence-corrected chi connectivity index (χ3v) is 4.66. The number of rotatable bonds is 7. The van der Waals surface area contributed by atoms with Gasteiger partial charge >= 0.3 is 0 Å². The highest BCUT2D eigenvalue weighted by molar-refractivity contribution is 5.96. The zero-order valence-corrected chi connectivity index (χ0v) is 17.5. The normalized spacial score (nSPS) is 14.1. The van der Waals surface area contributed by atoms with E-state index in [4.69, 9.17) is 9.47 Å². The van der Waals surface area contributed by atoms with Gasteiger partial charge in [0.25, 0.3) is 5.91 Å². The molecule has 0 radical (unpaired) electrons. The van der Waals surface area contributed by atoms with Crippen LogP contribution in [0.2, 0.25) is 0 Å². The second-order valence-corrected chi connectivity index (χ2v) is 7.55. The zero-order valence-electron chi connectivity index (χ0n) is 16.7. The predicted octanol–water partition coefficient (Wildman–Crippen LogP) is 2.80. The molecule has 1 amide bonds. The quantitative estimate of drug-likeness (QED) is 0.547. The maximum absolute atomic E-state index is 11.5. The summed E-state index contributed by atoms with van der Waals surface area (Å²) in [7, 11) is 1.64. The number of methoxy groups -OCH3 is 1. The number of benzene rings is 2. The van der Waals surface area contributed by atoms with Gasteiger partial charge in [-0.1, -0.05) is 12.1 Å². The molecule has 7 nitrogen and oxygen atoms in total. The van der Waals surface area contributed by atoms with Gasteiger partial charge in [-0.15, -0.1) is 12.4 Å². The van der Waals surface area contributed by atoms with Crippen molar-refractivity contribution < 1.29 is 24.5 Å². The lowest BCUT2D eigenvalue weighted by molar-refractivity contribution is -0.118. The summed E-state index contributed by atoms with van der Waals surface area (Å²) in [6, 6.07) is 10.7. The smallest absolute Gasteiger partial charge is 0.262 e. The van der Waals surface area contributed by atoms with Gasteiger partial charge in [0, 0.05) is 23.7 Å². The molecule has 3 rings (SSSR count). The second-order valence-electron chi connectivity index (χ2n) is 7.55. The summed E-state index contributed by atoms with van der Waals surface area (Å²) in [4.78, 5) is 11.5. The molecule has 1 atom stereocenters. The predicted molar refractivity (Wildman–Crippen MR) is 113 cm³/mol. The van der Waals surface area contributed by atoms with Crippen molar-refractivity contribution in [3.8, 4) is 17.2 Å². The van der Waals surface area contributed by atoms with Crippen LogP contribution in [-0.4, -0.2) is 41.9 Å². The number of aliphatic hydroxyl groups is 1. The Labute approximate surface area is 176 Å². The molecule has 1 heterocycles. The molecule has 2 aromatic carbocycles. The summed E-state index contributed by atoms with van der Waals surface area (Å²) < 4.78 is 10.7. The molecule has 0 fully saturated rings. The Balaban J connectivity index is 0.00000300. The average Bonchev–Trinajstić information content (AvgIpc) is 2.65. The first kappa shape index (κ1) is 22.8. The molecule has 0 spiro atoms. The Hall–Kier alpha value is -2.48. The van der Waals surface area contributed by atoms with Gasteiger partial charge in [0.2, 0.25) is 0 Å². The summed E-state index contributed by atoms with van der Waals surface area (Å²) in [5.74, 6) is 0.860. The van der Waals surface area contributed by atoms with E-state index in [0.29, 0.717) is 17.0 Å². The van der Waals surface area contributed by atoms with Crippen molar-refractivity contribution in [2.45, 2.75) is 31.9 Å². The summed E-state index contributed by atoms with van der Waals surface area (Å²) in [5, 5.41) is 26.6. The van der Waals surface area contributed by atoms with Crippen LogP contribution in [0, 0.1) is 0 Å². The minimum atomic E-state index is -0.911. The number of anilines is 1. The van der Waals surface area contributed by atoms with Gasteiger partial charge in [-0.3, -0.25) is 4.79 Å². The number of aliphatic hydroxyl groups excluding tert-OH is 1. The molecule has 29 heavy (non-hydrogen) atoms. The number of carbonyl (C=O) groups is 1. The molecule has 0 aliphatic carbocycles. The monoisotopic (exact) mass is 422 g/mol. The first-order valence-electron chi connectivity index (χ1n) is 9.13. The minimum absolute atomic E-state index is 0. The van der Waals surface area contributed by atoms with Gasteiger partial charge < -0.3 is 30.3 Å². The standard InChI is InChI=1S/C21H26N2O5.ClH/c1-21(2,10-13-4-6-15(27-3)7-5-13)22-11-18(25)16-8-14(24)9-17-20(16)28-12-19(26)23-17;/h4-9,18,22,24-25H,10-12H2,1-3H3,(H,23,26);1H/t18-;/m1./s1. The fourth-order valence-electron chi connectivity index (χ4n) is 3.26. The Morgan fingerprint density at radius 2 is 1.97 bits per heavy atom. The number of ether oxygens (including phenoxy) is 2. The van der Waals surface area contributed by atoms with Crippen LogP contribution in [-0.2, 0) is 11.2 Å². The Morgan fingerprint density at radius 3 is 2.62 bits per heavy atom. The number of aromatic hydroxyl groups is 1. The topological polar surface area (TPSA) is 100 Å². The Morgan fingerprint density at radius 1 is 1.28 bits per heavy atom. The van der Waals surface area contributed by atoms with Crippen LogP contribution >= 0.6 is 12.4 Å². The van der Waals surface area contributed by atoms with E-state index in [1.807, 2.05) is 24.3 Å². The van der Waals surface area contributed by atoms with Gasteiger partial charge in [-0.2, -0.15) is 0 Å². The molecule has 2 aromatic rings. The highest BCUT2D eigenvalue weighted by atomic mass is 35.5. The van der Waals surface area contributed by atoms with E-state index in [0.717, 1.165) is 17.7 Å². The van der Waals surface area contributed by atoms with Crippen molar-refractivity contribution >= 4 is 24.0 Å². The Bertz CT molecular complexity index is 855. The number of phenolic OH excluding ortho intramolecular Hbond substituents is 1. The maximum atomic E-state index is 11.5. The fourth-order valence-corrected chi connectivity index (χ4v) is 3.26. The van der Waals surface area contributed by atoms with E-state index in [1.54, 1.807) is 7.11 Å². The number of fused-ring (bicyclic) bond motifs is 1. The van der Waals surface area contributed by atoms with Crippen LogP contribution in [0.4, 0.5) is 5.69 Å². The highest BCUT2D eigenvalue weighted by Gasteiger charge is 2.26. The van der Waals surface area contributed by atoms with E-state index in [2.05, 4.69) is 24.5 Å². The number of phenols is 1. The highest BCUT2D eigenvalue weighted by Crippen LogP contribution is 2.38. The van der Waals surface area contributed by atoms with Crippen molar-refractivity contribution in [1.82, 2.24) is 5.32 Å². The second kappa shape index (κ2) is 9.35. The summed E-state index contributed by atoms with van der Waals surface area (Å²) in [6.45, 7) is 4.25. The van der Waals surface area contributed by atoms with E-state index >= 15 is 0 Å². The summed E-state index contributed by atoms with van der Waals surface area (Å²) in [6.07, 6.45) is -0.153. The SMILES string of the molecule is COc1ccc(CC(C)(C)NC[C@@H](O)c2cc(O)cc3c2OCC(=O)N3)cc1.Cl. The molecule has 0 unspecified atom stereocenters. The lowest BCUT2D eigenvalue weighted by Crippen LogP contribution is -2.43. The number of amides is 1. The molecule has 0 saturated heterocycles. The zero-order chi connectivity index (χ0) is 20.3. The molecular formula is C21H27ClN2O5. The van der Waals surface area contributed by atoms with Crippen LogP contribution < -0.4 is 20.1 Å². The molecule has 4 N–H and O–H groups in total. The lowest BCUT2D eigenvalue weighted by atomic mass is 9.94. The van der Waals surface area contributed by atoms with Crippen molar-refractivity contribution in [3.63, 3.8) is 0 Å². The maximum Gasteiger partial charge on any atom is 0.262 e. The van der Waals surface area contributed by atoms with Gasteiger partial charge in [0.1, 0.15) is 17.2 Å². The van der Waals surface area contributed by atoms with Crippen LogP contribution in [0.25, 0.3) is 0 Å². The Kier molecular flexibility index (Phi) is 7.35. The molecule has 8 heteroatoms. The van der Waals surface area contributed by atoms with Gasteiger partial charge in [0.05, 0.1) is 18.9 Å². The summed E-state index contributed by atoms with van der Waals surface area (Å²) >= 11 is 0. The largest absolute Gasteiger partial charge is 0.508 e. The van der Waals surface area contributed by atoms with Crippen LogP contribution in [0.15, 0.2) is 36.4 Å². The van der Waals surface area contributed by atoms with Crippen LogP contribution in [0.5, 0.6) is 17.2 Å². The number of nitrogens with one attached hydrogen (secondary N) is 2. The van der Waals surface area contributed by atoms with Crippen molar-refractivity contribution in [2.24, 2.45) is 0 Å². The molecule has 1 aliphatic heterocycles. The number of hydrogen-bond donors (Lipinski definition) is 4. The first-order chi connectivity index (χ1) is 13.3. The van der Waals surface area contributed by atoms with E-state index in [1.165, 1.54) is 12.1 Å². The third-order valence-electron chi connectivity index (χ3n) is 4.66. The summed E-state index contributed by atoms with van der Waals surface area (Å²) in [5.41, 5.74) is 1.67. The number of carbonyl (C=O) groups excluding carboxylic acids is 1. The number of halogens is 1. The van der Waals surface area contributed by atoms with Gasteiger partial charge in [-0.05, 0) is 44.0 Å². The number of β-amino-alcohol motifs (C(OH)–C–C–N with tert-alkyl or cyclic N) is 1. The van der Waals surface area contributed by atoms with Crippen LogP contribution in [0.3, 0.4) is 0 Å². The fraction of sp³-hybridized carbons (Fsp3) is 0.381. The van der Waals surface area contributed by atoms with Gasteiger partial charge in [-0.25, -0.2) is 0 Å². The average molecular weight is 423 g/mol. The van der Waals surface area contributed by atoms with E-state index < -0.39 is 6.10 Å².